The van der Waals surface area contributed by atoms with Crippen molar-refractivity contribution < 1.29 is 38.0 Å². The van der Waals surface area contributed by atoms with Crippen molar-refractivity contribution in [2.24, 2.45) is 23.7 Å². The van der Waals surface area contributed by atoms with Crippen LogP contribution in [-0.4, -0.2) is 35.8 Å². The maximum Gasteiger partial charge on any atom is 0.308 e. The van der Waals surface area contributed by atoms with Gasteiger partial charge in [-0.15, -0.1) is 0 Å². The summed E-state index contributed by atoms with van der Waals surface area (Å²) in [6, 6.07) is 3.53. The topological polar surface area (TPSA) is 105 Å². The van der Waals surface area contributed by atoms with Crippen molar-refractivity contribution in [2.45, 2.75) is 89.8 Å². The molecular formula is C24H33NO8. The van der Waals surface area contributed by atoms with Crippen LogP contribution in [0, 0.1) is 23.7 Å². The molecule has 1 N–H and O–H groups in total. The third-order valence-electron chi connectivity index (χ3n) is 7.94. The zero-order valence-corrected chi connectivity index (χ0v) is 19.4. The summed E-state index contributed by atoms with van der Waals surface area (Å²) < 4.78 is 23.4. The lowest BCUT2D eigenvalue weighted by molar-refractivity contribution is -0.576. The molecule has 0 radical (unpaired) electrons. The summed E-state index contributed by atoms with van der Waals surface area (Å²) >= 11 is 0. The van der Waals surface area contributed by atoms with E-state index in [-0.39, 0.29) is 43.0 Å². The predicted octanol–water partition coefficient (Wildman–Crippen LogP) is 3.43. The number of carbonyl (C=O) groups excluding carboxylic acids is 2. The van der Waals surface area contributed by atoms with Crippen LogP contribution < -0.4 is 5.32 Å². The Kier molecular flexibility index (Phi) is 6.01. The first-order valence-electron chi connectivity index (χ1n) is 12.0. The molecule has 5 fully saturated rings. The molecule has 8 atom stereocenters. The lowest BCUT2D eigenvalue weighted by Gasteiger charge is -2.59. The van der Waals surface area contributed by atoms with Crippen molar-refractivity contribution in [1.82, 2.24) is 5.32 Å². The first-order valence-corrected chi connectivity index (χ1v) is 12.0. The fraction of sp³-hybridized carbons (Fsp3) is 0.750. The van der Waals surface area contributed by atoms with E-state index in [0.717, 1.165) is 25.7 Å². The summed E-state index contributed by atoms with van der Waals surface area (Å²) in [6.45, 7) is 6.43. The molecule has 9 heteroatoms. The molecule has 4 saturated heterocycles. The summed E-state index contributed by atoms with van der Waals surface area (Å²) in [6.07, 6.45) is 3.78. The van der Waals surface area contributed by atoms with Crippen LogP contribution in [0.2, 0.25) is 0 Å². The minimum absolute atomic E-state index is 0.0303. The molecule has 5 heterocycles. The van der Waals surface area contributed by atoms with Gasteiger partial charge in [0.25, 0.3) is 0 Å². The Morgan fingerprint density at radius 3 is 2.79 bits per heavy atom. The Morgan fingerprint density at radius 2 is 2.00 bits per heavy atom. The van der Waals surface area contributed by atoms with Crippen LogP contribution in [0.15, 0.2) is 22.8 Å². The lowest BCUT2D eigenvalue weighted by Crippen LogP contribution is -2.70. The van der Waals surface area contributed by atoms with Gasteiger partial charge in [0.05, 0.1) is 19.2 Å². The van der Waals surface area contributed by atoms with E-state index in [9.17, 15) is 9.59 Å². The largest absolute Gasteiger partial charge is 0.467 e. The molecule has 5 aliphatic rings. The van der Waals surface area contributed by atoms with E-state index in [1.165, 1.54) is 0 Å². The number of esters is 1. The van der Waals surface area contributed by atoms with Crippen molar-refractivity contribution >= 4 is 11.9 Å². The SMILES string of the molecule is C[C@H]1[C@H](OC(=O)CCC(=O)NCc2ccco2)O[C@@H]2O[C@]3(C)CC[C@H]4[C@H](C)CC[C@@H]1[C@]24OO3. The molecule has 0 aromatic carbocycles. The second-order valence-electron chi connectivity index (χ2n) is 10.1. The number of carbonyl (C=O) groups is 2. The van der Waals surface area contributed by atoms with Gasteiger partial charge in [0, 0.05) is 24.7 Å². The zero-order chi connectivity index (χ0) is 23.2. The number of nitrogens with one attached hydrogen (secondary N) is 1. The van der Waals surface area contributed by atoms with Crippen LogP contribution in [0.3, 0.4) is 0 Å². The fourth-order valence-corrected chi connectivity index (χ4v) is 6.10. The zero-order valence-electron chi connectivity index (χ0n) is 19.4. The molecule has 1 spiro atoms. The average molecular weight is 464 g/mol. The highest BCUT2D eigenvalue weighted by Crippen LogP contribution is 2.60. The molecule has 1 aromatic heterocycles. The molecule has 2 bridgehead atoms. The number of ether oxygens (including phenoxy) is 3. The molecule has 1 saturated carbocycles. The summed E-state index contributed by atoms with van der Waals surface area (Å²) in [5.74, 6) is -0.239. The summed E-state index contributed by atoms with van der Waals surface area (Å²) in [7, 11) is 0. The van der Waals surface area contributed by atoms with E-state index in [1.807, 2.05) is 13.8 Å². The van der Waals surface area contributed by atoms with Gasteiger partial charge >= 0.3 is 5.97 Å². The Balaban J connectivity index is 1.22. The van der Waals surface area contributed by atoms with Crippen LogP contribution in [-0.2, 0) is 40.1 Å². The average Bonchev–Trinajstić information content (AvgIpc) is 3.21. The minimum Gasteiger partial charge on any atom is -0.467 e. The van der Waals surface area contributed by atoms with E-state index < -0.39 is 29.9 Å². The summed E-state index contributed by atoms with van der Waals surface area (Å²) in [5.41, 5.74) is -0.693. The van der Waals surface area contributed by atoms with E-state index in [0.29, 0.717) is 11.7 Å². The van der Waals surface area contributed by atoms with Gasteiger partial charge in [-0.2, -0.15) is 0 Å². The molecule has 33 heavy (non-hydrogen) atoms. The Bertz CT molecular complexity index is 874. The Labute approximate surface area is 193 Å². The number of hydrogen-bond donors (Lipinski definition) is 1. The lowest BCUT2D eigenvalue weighted by atomic mass is 9.58. The fourth-order valence-electron chi connectivity index (χ4n) is 6.10. The molecule has 1 amide bonds. The Morgan fingerprint density at radius 1 is 1.15 bits per heavy atom. The first-order chi connectivity index (χ1) is 15.8. The van der Waals surface area contributed by atoms with Crippen LogP contribution in [0.25, 0.3) is 0 Å². The second-order valence-corrected chi connectivity index (χ2v) is 10.1. The third-order valence-corrected chi connectivity index (χ3v) is 7.94. The van der Waals surface area contributed by atoms with Crippen molar-refractivity contribution in [3.8, 4) is 0 Å². The summed E-state index contributed by atoms with van der Waals surface area (Å²) in [4.78, 5) is 36.5. The van der Waals surface area contributed by atoms with Crippen molar-refractivity contribution in [1.29, 1.82) is 0 Å². The quantitative estimate of drug-likeness (QED) is 0.505. The van der Waals surface area contributed by atoms with E-state index >= 15 is 0 Å². The second kappa shape index (κ2) is 8.69. The van der Waals surface area contributed by atoms with Crippen LogP contribution in [0.4, 0.5) is 0 Å². The van der Waals surface area contributed by atoms with E-state index in [1.54, 1.807) is 18.4 Å². The highest BCUT2D eigenvalue weighted by Gasteiger charge is 2.69. The van der Waals surface area contributed by atoms with Crippen molar-refractivity contribution in [3.05, 3.63) is 24.2 Å². The van der Waals surface area contributed by atoms with Gasteiger partial charge in [-0.05, 0) is 50.2 Å². The van der Waals surface area contributed by atoms with Gasteiger partial charge in [0.1, 0.15) is 5.76 Å². The van der Waals surface area contributed by atoms with Gasteiger partial charge in [-0.1, -0.05) is 13.8 Å². The monoisotopic (exact) mass is 463 g/mol. The van der Waals surface area contributed by atoms with E-state index in [4.69, 9.17) is 28.4 Å². The van der Waals surface area contributed by atoms with Gasteiger partial charge in [0.2, 0.25) is 18.0 Å². The van der Waals surface area contributed by atoms with Crippen LogP contribution >= 0.6 is 0 Å². The standard InChI is InChI=1S/C24H33NO8/c1-14-6-7-18-15(2)21(29-20(27)9-8-19(26)25-13-16-5-4-12-28-16)30-22-24(18)17(14)10-11-23(3,31-22)32-33-24/h4-5,12,14-15,17-18,21-22H,6-11,13H2,1-3H3,(H,25,26)/t14-,15-,17+,18+,21-,22-,23+,24+/m1/s1. The smallest absolute Gasteiger partial charge is 0.308 e. The number of rotatable bonds is 6. The number of furan rings is 1. The first kappa shape index (κ1) is 22.8. The molecule has 182 valence electrons. The van der Waals surface area contributed by atoms with Gasteiger partial charge in [-0.25, -0.2) is 9.78 Å². The number of hydrogen-bond acceptors (Lipinski definition) is 8. The number of fused-ring (bicyclic) bond motifs is 2. The maximum absolute atomic E-state index is 12.6. The highest BCUT2D eigenvalue weighted by atomic mass is 17.3. The van der Waals surface area contributed by atoms with Crippen LogP contribution in [0.5, 0.6) is 0 Å². The molecule has 1 aromatic rings. The van der Waals surface area contributed by atoms with Gasteiger partial charge < -0.3 is 23.9 Å². The molecule has 6 rings (SSSR count). The maximum atomic E-state index is 12.6. The molecule has 1 aliphatic carbocycles. The van der Waals surface area contributed by atoms with E-state index in [2.05, 4.69) is 12.2 Å². The third kappa shape index (κ3) is 4.09. The molecule has 9 nitrogen and oxygen atoms in total. The van der Waals surface area contributed by atoms with Crippen LogP contribution in [0.1, 0.15) is 65.1 Å². The predicted molar refractivity (Wildman–Crippen MR) is 113 cm³/mol. The Hall–Kier alpha value is -1.94. The minimum atomic E-state index is -0.876. The summed E-state index contributed by atoms with van der Waals surface area (Å²) in [5, 5.41) is 2.73. The number of amides is 1. The van der Waals surface area contributed by atoms with Crippen molar-refractivity contribution in [3.63, 3.8) is 0 Å². The van der Waals surface area contributed by atoms with Gasteiger partial charge in [0.15, 0.2) is 11.9 Å². The van der Waals surface area contributed by atoms with Gasteiger partial charge in [-0.3, -0.25) is 9.59 Å². The molecular weight excluding hydrogens is 430 g/mol. The highest BCUT2D eigenvalue weighted by molar-refractivity contribution is 5.81. The molecule has 0 unspecified atom stereocenters. The molecule has 4 aliphatic heterocycles. The van der Waals surface area contributed by atoms with Crippen molar-refractivity contribution in [2.75, 3.05) is 0 Å². The normalized spacial score (nSPS) is 41.7.